The van der Waals surface area contributed by atoms with Crippen molar-refractivity contribution in [3.63, 3.8) is 0 Å². The van der Waals surface area contributed by atoms with Crippen molar-refractivity contribution in [1.29, 1.82) is 0 Å². The summed E-state index contributed by atoms with van der Waals surface area (Å²) in [6.45, 7) is 1.97. The van der Waals surface area contributed by atoms with E-state index < -0.39 is 0 Å². The van der Waals surface area contributed by atoms with Crippen molar-refractivity contribution < 1.29 is 4.79 Å². The highest BCUT2D eigenvalue weighted by molar-refractivity contribution is 5.96. The highest BCUT2D eigenvalue weighted by atomic mass is 16.1. The molecule has 0 aliphatic carbocycles. The van der Waals surface area contributed by atoms with Gasteiger partial charge in [0.2, 0.25) is 0 Å². The molecular formula is C12H11N3O. The Labute approximate surface area is 92.4 Å². The highest BCUT2D eigenvalue weighted by Crippen LogP contribution is 2.16. The average Bonchev–Trinajstić information content (AvgIpc) is 2.26. The van der Waals surface area contributed by atoms with Crippen molar-refractivity contribution in [3.8, 4) is 0 Å². The first-order valence-electron chi connectivity index (χ1n) is 4.91. The van der Waals surface area contributed by atoms with Crippen LogP contribution < -0.4 is 5.56 Å². The normalized spacial score (nSPS) is 10.1. The topological polar surface area (TPSA) is 58.4 Å². The number of benzene rings is 1. The minimum Gasteiger partial charge on any atom is -0.361 e. The fourth-order valence-corrected chi connectivity index (χ4v) is 1.76. The Morgan fingerprint density at radius 2 is 2.12 bits per heavy atom. The van der Waals surface area contributed by atoms with Crippen molar-refractivity contribution in [3.05, 3.63) is 51.3 Å². The summed E-state index contributed by atoms with van der Waals surface area (Å²) in [7, 11) is 1.73. The van der Waals surface area contributed by atoms with Crippen molar-refractivity contribution in [2.45, 2.75) is 6.92 Å². The second-order valence-corrected chi connectivity index (χ2v) is 3.76. The van der Waals surface area contributed by atoms with Gasteiger partial charge in [-0.3, -0.25) is 4.79 Å². The number of pyridine rings is 1. The molecule has 0 spiro atoms. The molecule has 0 atom stereocenters. The van der Waals surface area contributed by atoms with Gasteiger partial charge in [0.05, 0.1) is 11.1 Å². The molecule has 0 amide bonds. The molecule has 0 N–H and O–H groups in total. The predicted molar refractivity (Wildman–Crippen MR) is 62.7 cm³/mol. The second kappa shape index (κ2) is 3.76. The van der Waals surface area contributed by atoms with E-state index in [2.05, 4.69) is 4.79 Å². The smallest absolute Gasteiger partial charge is 0.288 e. The zero-order chi connectivity index (χ0) is 11.7. The lowest BCUT2D eigenvalue weighted by Gasteiger charge is -2.06. The molecule has 0 unspecified atom stereocenters. The van der Waals surface area contributed by atoms with Crippen LogP contribution in [0.15, 0.2) is 29.1 Å². The van der Waals surface area contributed by atoms with Gasteiger partial charge in [0.25, 0.3) is 11.8 Å². The zero-order valence-electron chi connectivity index (χ0n) is 9.14. The summed E-state index contributed by atoms with van der Waals surface area (Å²) >= 11 is 0. The summed E-state index contributed by atoms with van der Waals surface area (Å²) in [5.41, 5.74) is 11.0. The zero-order valence-corrected chi connectivity index (χ0v) is 9.14. The quantitative estimate of drug-likeness (QED) is 0.402. The molecule has 1 aromatic heterocycles. The van der Waals surface area contributed by atoms with E-state index in [0.29, 0.717) is 5.56 Å². The van der Waals surface area contributed by atoms with Crippen molar-refractivity contribution in [1.82, 2.24) is 4.57 Å². The van der Waals surface area contributed by atoms with E-state index in [0.717, 1.165) is 16.5 Å². The van der Waals surface area contributed by atoms with E-state index >= 15 is 0 Å². The van der Waals surface area contributed by atoms with Gasteiger partial charge in [-0.15, -0.1) is 0 Å². The van der Waals surface area contributed by atoms with E-state index in [1.54, 1.807) is 11.6 Å². The highest BCUT2D eigenvalue weighted by Gasteiger charge is 2.07. The number of fused-ring (bicyclic) bond motifs is 1. The fourth-order valence-electron chi connectivity index (χ4n) is 1.76. The Balaban J connectivity index is 3.00. The fraction of sp³-hybridized carbons (Fsp3) is 0.167. The standard InChI is InChI=1S/C12H11N3O/c1-8-3-4-10-9(7-14-13)6-12(16)15(2)11(10)5-8/h3-7H,1-2H3. The van der Waals surface area contributed by atoms with E-state index in [-0.39, 0.29) is 5.56 Å². The van der Waals surface area contributed by atoms with Crippen molar-refractivity contribution in [2.75, 3.05) is 0 Å². The van der Waals surface area contributed by atoms with Crippen LogP contribution in [-0.2, 0) is 7.05 Å². The Kier molecular flexibility index (Phi) is 2.43. The van der Waals surface area contributed by atoms with Crippen molar-refractivity contribution in [2.24, 2.45) is 7.05 Å². The van der Waals surface area contributed by atoms with Crippen LogP contribution in [0.1, 0.15) is 11.1 Å². The molecule has 0 aliphatic rings. The SMILES string of the molecule is Cc1ccc2c(C=[N+]=[N-])cc(=O)n(C)c2c1. The Bertz CT molecular complexity index is 664. The summed E-state index contributed by atoms with van der Waals surface area (Å²) in [6, 6.07) is 7.27. The Morgan fingerprint density at radius 1 is 1.38 bits per heavy atom. The van der Waals surface area contributed by atoms with Crippen LogP contribution in [0.5, 0.6) is 0 Å². The molecule has 0 fully saturated rings. The molecule has 0 bridgehead atoms. The minimum atomic E-state index is -0.118. The van der Waals surface area contributed by atoms with Gasteiger partial charge >= 0.3 is 0 Å². The lowest BCUT2D eigenvalue weighted by atomic mass is 10.1. The summed E-state index contributed by atoms with van der Waals surface area (Å²) < 4.78 is 1.58. The third-order valence-corrected chi connectivity index (χ3v) is 2.63. The van der Waals surface area contributed by atoms with Crippen LogP contribution in [0.3, 0.4) is 0 Å². The van der Waals surface area contributed by atoms with Crippen LogP contribution in [0.4, 0.5) is 0 Å². The summed E-state index contributed by atoms with van der Waals surface area (Å²) in [6.07, 6.45) is 1.28. The van der Waals surface area contributed by atoms with E-state index in [9.17, 15) is 4.79 Å². The maximum Gasteiger partial charge on any atom is 0.288 e. The second-order valence-electron chi connectivity index (χ2n) is 3.76. The molecule has 2 aromatic rings. The largest absolute Gasteiger partial charge is 0.361 e. The first-order valence-corrected chi connectivity index (χ1v) is 4.91. The van der Waals surface area contributed by atoms with Crippen LogP contribution >= 0.6 is 0 Å². The van der Waals surface area contributed by atoms with Crippen LogP contribution in [0.25, 0.3) is 16.4 Å². The maximum atomic E-state index is 11.7. The average molecular weight is 213 g/mol. The number of hydrogen-bond acceptors (Lipinski definition) is 1. The monoisotopic (exact) mass is 213 g/mol. The first-order chi connectivity index (χ1) is 7.63. The summed E-state index contributed by atoms with van der Waals surface area (Å²) in [5.74, 6) is 0. The lowest BCUT2D eigenvalue weighted by molar-refractivity contribution is 0.00465. The first kappa shape index (κ1) is 10.3. The van der Waals surface area contributed by atoms with Crippen LogP contribution in [-0.4, -0.2) is 15.6 Å². The third-order valence-electron chi connectivity index (χ3n) is 2.63. The van der Waals surface area contributed by atoms with Gasteiger partial charge in [0.15, 0.2) is 0 Å². The number of nitrogens with zero attached hydrogens (tertiary/aromatic N) is 3. The third kappa shape index (κ3) is 1.55. The molecule has 4 nitrogen and oxygen atoms in total. The number of aromatic nitrogens is 1. The molecule has 0 radical (unpaired) electrons. The van der Waals surface area contributed by atoms with Gasteiger partial charge in [-0.05, 0) is 18.6 Å². The van der Waals surface area contributed by atoms with Gasteiger partial charge < -0.3 is 10.1 Å². The molecule has 0 aliphatic heterocycles. The Hall–Kier alpha value is -2.19. The molecule has 80 valence electrons. The lowest BCUT2D eigenvalue weighted by Crippen LogP contribution is -2.17. The molecular weight excluding hydrogens is 202 g/mol. The van der Waals surface area contributed by atoms with E-state index in [1.165, 1.54) is 12.3 Å². The maximum absolute atomic E-state index is 11.7. The van der Waals surface area contributed by atoms with Crippen molar-refractivity contribution >= 4 is 17.1 Å². The van der Waals surface area contributed by atoms with Crippen LogP contribution in [0, 0.1) is 6.92 Å². The molecule has 2 rings (SSSR count). The van der Waals surface area contributed by atoms with Gasteiger partial charge in [-0.2, -0.15) is 4.79 Å². The summed E-state index contributed by atoms with van der Waals surface area (Å²) in [5, 5.41) is 0.894. The minimum absolute atomic E-state index is 0.118. The summed E-state index contributed by atoms with van der Waals surface area (Å²) in [4.78, 5) is 14.6. The molecule has 0 saturated heterocycles. The predicted octanol–water partition coefficient (Wildman–Crippen LogP) is 1.50. The van der Waals surface area contributed by atoms with Crippen LogP contribution in [0.2, 0.25) is 0 Å². The molecule has 4 heteroatoms. The molecule has 1 heterocycles. The molecule has 16 heavy (non-hydrogen) atoms. The molecule has 1 aromatic carbocycles. The van der Waals surface area contributed by atoms with Gasteiger partial charge in [-0.25, -0.2) is 0 Å². The number of rotatable bonds is 1. The van der Waals surface area contributed by atoms with Gasteiger partial charge in [-0.1, -0.05) is 12.1 Å². The Morgan fingerprint density at radius 3 is 2.81 bits per heavy atom. The number of hydrogen-bond donors (Lipinski definition) is 0. The van der Waals surface area contributed by atoms with E-state index in [1.807, 2.05) is 25.1 Å². The number of aryl methyl sites for hydroxylation is 2. The molecule has 0 saturated carbocycles. The van der Waals surface area contributed by atoms with Gasteiger partial charge in [0, 0.05) is 18.5 Å². The van der Waals surface area contributed by atoms with Gasteiger partial charge in [0.1, 0.15) is 0 Å². The van der Waals surface area contributed by atoms with E-state index in [4.69, 9.17) is 5.53 Å².